The Hall–Kier alpha value is -3.12. The summed E-state index contributed by atoms with van der Waals surface area (Å²) in [6, 6.07) is 5.80. The molecular weight excluding hydrogens is 575 g/mol. The summed E-state index contributed by atoms with van der Waals surface area (Å²) in [4.78, 5) is 11.0. The van der Waals surface area contributed by atoms with Crippen molar-refractivity contribution in [1.82, 2.24) is 24.5 Å². The predicted octanol–water partition coefficient (Wildman–Crippen LogP) is 4.87. The first-order valence-electron chi connectivity index (χ1n) is 12.7. The number of sulfonamides is 1. The summed E-state index contributed by atoms with van der Waals surface area (Å²) in [5.41, 5.74) is 4.08. The lowest BCUT2D eigenvalue weighted by Crippen LogP contribution is -2.73. The Morgan fingerprint density at radius 2 is 1.75 bits per heavy atom. The molecule has 5 heterocycles. The summed E-state index contributed by atoms with van der Waals surface area (Å²) in [7, 11) is -1.55. The van der Waals surface area contributed by atoms with Gasteiger partial charge in [-0.2, -0.15) is 5.10 Å². The minimum atomic E-state index is -3.13. The summed E-state index contributed by atoms with van der Waals surface area (Å²) in [5.74, 6) is 1.96. The van der Waals surface area contributed by atoms with Crippen LogP contribution in [-0.2, 0) is 10.0 Å². The summed E-state index contributed by atoms with van der Waals surface area (Å²) in [6.07, 6.45) is 5.68. The first-order chi connectivity index (χ1) is 19.0. The van der Waals surface area contributed by atoms with Gasteiger partial charge in [-0.1, -0.05) is 23.2 Å². The number of halogens is 2. The van der Waals surface area contributed by atoms with Crippen LogP contribution in [0.15, 0.2) is 36.8 Å². The first-order valence-corrected chi connectivity index (χ1v) is 15.3. The summed E-state index contributed by atoms with van der Waals surface area (Å²) < 4.78 is 36.9. The monoisotopic (exact) mass is 602 g/mol. The van der Waals surface area contributed by atoms with Gasteiger partial charge in [0.25, 0.3) is 0 Å². The number of hydrogen-bond donors (Lipinski definition) is 1. The number of H-pyrrole nitrogens is 1. The second-order valence-electron chi connectivity index (χ2n) is 10.6. The maximum Gasteiger partial charge on any atom is 0.211 e. The third-order valence-corrected chi connectivity index (χ3v) is 9.42. The van der Waals surface area contributed by atoms with Crippen LogP contribution in [0.1, 0.15) is 24.2 Å². The molecule has 1 N–H and O–H groups in total. The van der Waals surface area contributed by atoms with Crippen LogP contribution in [0, 0.1) is 12.3 Å². The number of aromatic amines is 1. The van der Waals surface area contributed by atoms with Crippen molar-refractivity contribution < 1.29 is 17.9 Å². The molecule has 2 saturated heterocycles. The lowest BCUT2D eigenvalue weighted by Gasteiger charge is -2.59. The molecule has 0 bridgehead atoms. The minimum absolute atomic E-state index is 0.0333. The fourth-order valence-electron chi connectivity index (χ4n) is 5.63. The van der Waals surface area contributed by atoms with Crippen molar-refractivity contribution in [3.63, 3.8) is 0 Å². The fraction of sp³-hybridized carbons (Fsp3) is 0.370. The molecule has 40 heavy (non-hydrogen) atoms. The van der Waals surface area contributed by atoms with Gasteiger partial charge in [-0.25, -0.2) is 17.7 Å². The topological polar surface area (TPSA) is 114 Å². The number of nitrogens with one attached hydrogen (secondary N) is 1. The average molecular weight is 604 g/mol. The Morgan fingerprint density at radius 3 is 2.38 bits per heavy atom. The maximum absolute atomic E-state index is 11.8. The van der Waals surface area contributed by atoms with Gasteiger partial charge < -0.3 is 14.4 Å². The van der Waals surface area contributed by atoms with Crippen molar-refractivity contribution in [3.05, 3.63) is 58.0 Å². The zero-order valence-electron chi connectivity index (χ0n) is 22.4. The molecule has 0 unspecified atom stereocenters. The molecule has 4 aromatic rings. The maximum atomic E-state index is 11.8. The fourth-order valence-corrected chi connectivity index (χ4v) is 7.32. The molecule has 0 radical (unpaired) electrons. The number of rotatable bonds is 7. The summed E-state index contributed by atoms with van der Waals surface area (Å²) in [5, 5.41) is 9.35. The Bertz CT molecular complexity index is 1710. The van der Waals surface area contributed by atoms with Crippen LogP contribution in [0.5, 0.6) is 11.5 Å². The molecule has 1 spiro atoms. The van der Waals surface area contributed by atoms with E-state index in [0.29, 0.717) is 40.2 Å². The smallest absolute Gasteiger partial charge is 0.211 e. The summed E-state index contributed by atoms with van der Waals surface area (Å²) >= 11 is 12.7. The number of fused-ring (bicyclic) bond motifs is 1. The standard InChI is InChI=1S/C27H28Cl2N6O4S/c1-15-5-17(8-31-26(15)34-11-27(12-34)13-35(14-27)40(4,36)37)25-18-6-23(22(38-3)7-21(18)32-33-25)39-16(2)24-19(28)9-30-10-20(24)29/h5-10,16H,11-14H2,1-4H3,(H,32,33)/t16-/m1/s1. The Balaban J connectivity index is 1.25. The minimum Gasteiger partial charge on any atom is -0.493 e. The van der Waals surface area contributed by atoms with Crippen molar-refractivity contribution in [2.24, 2.45) is 5.41 Å². The predicted molar refractivity (Wildman–Crippen MR) is 155 cm³/mol. The van der Waals surface area contributed by atoms with Gasteiger partial charge in [-0.05, 0) is 31.5 Å². The third-order valence-electron chi connectivity index (χ3n) is 7.62. The molecule has 210 valence electrons. The zero-order valence-corrected chi connectivity index (χ0v) is 24.7. The van der Waals surface area contributed by atoms with E-state index in [9.17, 15) is 8.42 Å². The molecule has 10 nitrogen and oxygen atoms in total. The highest BCUT2D eigenvalue weighted by Crippen LogP contribution is 2.44. The van der Waals surface area contributed by atoms with Crippen LogP contribution < -0.4 is 14.4 Å². The third kappa shape index (κ3) is 4.64. The molecule has 0 aliphatic carbocycles. The van der Waals surface area contributed by atoms with Crippen LogP contribution in [0.2, 0.25) is 10.0 Å². The number of methoxy groups -OCH3 is 1. The van der Waals surface area contributed by atoms with E-state index in [1.165, 1.54) is 23.0 Å². The van der Waals surface area contributed by atoms with Crippen molar-refractivity contribution >= 4 is 49.9 Å². The van der Waals surface area contributed by atoms with Crippen LogP contribution in [0.3, 0.4) is 0 Å². The van der Waals surface area contributed by atoms with Crippen LogP contribution >= 0.6 is 23.2 Å². The van der Waals surface area contributed by atoms with Crippen molar-refractivity contribution in [3.8, 4) is 22.8 Å². The van der Waals surface area contributed by atoms with E-state index < -0.39 is 16.1 Å². The highest BCUT2D eigenvalue weighted by Gasteiger charge is 2.54. The van der Waals surface area contributed by atoms with Crippen LogP contribution in [0.4, 0.5) is 5.82 Å². The van der Waals surface area contributed by atoms with Crippen LogP contribution in [0.25, 0.3) is 22.2 Å². The van der Waals surface area contributed by atoms with E-state index >= 15 is 0 Å². The largest absolute Gasteiger partial charge is 0.493 e. The number of ether oxygens (including phenoxy) is 2. The van der Waals surface area contributed by atoms with Crippen molar-refractivity contribution in [1.29, 1.82) is 0 Å². The Labute approximate surface area is 242 Å². The number of aryl methyl sites for hydroxylation is 1. The van der Waals surface area contributed by atoms with Gasteiger partial charge in [0, 0.05) is 72.8 Å². The number of hydrogen-bond acceptors (Lipinski definition) is 8. The Kier molecular flexibility index (Phi) is 6.60. The van der Waals surface area contributed by atoms with E-state index in [-0.39, 0.29) is 5.41 Å². The molecule has 0 saturated carbocycles. The van der Waals surface area contributed by atoms with E-state index in [1.54, 1.807) is 7.11 Å². The number of pyridine rings is 2. The van der Waals surface area contributed by atoms with Gasteiger partial charge in [-0.15, -0.1) is 0 Å². The molecule has 6 rings (SSSR count). The number of aromatic nitrogens is 4. The molecule has 2 fully saturated rings. The molecule has 1 aromatic carbocycles. The van der Waals surface area contributed by atoms with E-state index in [4.69, 9.17) is 37.7 Å². The number of benzene rings is 1. The Morgan fingerprint density at radius 1 is 1.05 bits per heavy atom. The van der Waals surface area contributed by atoms with Gasteiger partial charge in [0.15, 0.2) is 11.5 Å². The van der Waals surface area contributed by atoms with Crippen LogP contribution in [-0.4, -0.2) is 72.4 Å². The van der Waals surface area contributed by atoms with E-state index in [0.717, 1.165) is 46.6 Å². The number of anilines is 1. The quantitative estimate of drug-likeness (QED) is 0.319. The number of nitrogens with zero attached hydrogens (tertiary/aromatic N) is 5. The second kappa shape index (κ2) is 9.76. The van der Waals surface area contributed by atoms with Gasteiger partial charge in [-0.3, -0.25) is 10.1 Å². The normalized spacial score (nSPS) is 17.5. The molecule has 1 atom stereocenters. The molecule has 13 heteroatoms. The molecular formula is C27H28Cl2N6O4S. The lowest BCUT2D eigenvalue weighted by molar-refractivity contribution is 0.0394. The lowest BCUT2D eigenvalue weighted by atomic mass is 9.74. The molecule has 0 amide bonds. The molecule has 3 aromatic heterocycles. The molecule has 2 aliphatic heterocycles. The highest BCUT2D eigenvalue weighted by molar-refractivity contribution is 7.88. The highest BCUT2D eigenvalue weighted by atomic mass is 35.5. The van der Waals surface area contributed by atoms with E-state index in [1.807, 2.05) is 32.2 Å². The average Bonchev–Trinajstić information content (AvgIpc) is 3.24. The van der Waals surface area contributed by atoms with Crippen molar-refractivity contribution in [2.45, 2.75) is 20.0 Å². The van der Waals surface area contributed by atoms with Gasteiger partial charge in [0.05, 0.1) is 28.9 Å². The second-order valence-corrected chi connectivity index (χ2v) is 13.4. The van der Waals surface area contributed by atoms with Gasteiger partial charge in [0.1, 0.15) is 17.6 Å². The molecule has 2 aliphatic rings. The van der Waals surface area contributed by atoms with E-state index in [2.05, 4.69) is 26.1 Å². The summed E-state index contributed by atoms with van der Waals surface area (Å²) in [6.45, 7) is 6.62. The SMILES string of the molecule is COc1cc2[nH]nc(-c3cnc(N4CC5(C4)CN(S(C)(=O)=O)C5)c(C)c3)c2cc1O[C@H](C)c1c(Cl)cncc1Cl. The van der Waals surface area contributed by atoms with Gasteiger partial charge in [0.2, 0.25) is 10.0 Å². The first kappa shape index (κ1) is 27.1. The van der Waals surface area contributed by atoms with Gasteiger partial charge >= 0.3 is 0 Å². The van der Waals surface area contributed by atoms with Crippen molar-refractivity contribution in [2.75, 3.05) is 44.4 Å². The zero-order chi connectivity index (χ0) is 28.4.